The molecule has 0 saturated heterocycles. The van der Waals surface area contributed by atoms with Gasteiger partial charge in [0.15, 0.2) is 11.5 Å². The quantitative estimate of drug-likeness (QED) is 0.520. The molecule has 0 bridgehead atoms. The lowest BCUT2D eigenvalue weighted by atomic mass is 10.2. The summed E-state index contributed by atoms with van der Waals surface area (Å²) in [5.41, 5.74) is 0.106. The Morgan fingerprint density at radius 2 is 1.67 bits per heavy atom. The summed E-state index contributed by atoms with van der Waals surface area (Å²) in [5, 5.41) is 2.92. The lowest BCUT2D eigenvalue weighted by Crippen LogP contribution is -2.45. The molecule has 0 aliphatic carbocycles. The number of sulfonamides is 1. The van der Waals surface area contributed by atoms with Crippen molar-refractivity contribution in [1.82, 2.24) is 5.32 Å². The minimum atomic E-state index is -4.10. The summed E-state index contributed by atoms with van der Waals surface area (Å²) < 4.78 is 39.2. The first-order valence-corrected chi connectivity index (χ1v) is 12.2. The molecule has 1 amide bonds. The van der Waals surface area contributed by atoms with Crippen LogP contribution in [0.4, 0.5) is 5.69 Å². The van der Waals surface area contributed by atoms with Gasteiger partial charge in [-0.15, -0.1) is 0 Å². The molecule has 0 spiro atoms. The maximum Gasteiger partial charge on any atom is 0.264 e. The zero-order valence-corrected chi connectivity index (χ0v) is 19.6. The lowest BCUT2D eigenvalue weighted by molar-refractivity contribution is -0.120. The molecule has 1 aliphatic heterocycles. The van der Waals surface area contributed by atoms with Crippen LogP contribution in [0.2, 0.25) is 10.0 Å². The first-order valence-electron chi connectivity index (χ1n) is 10.0. The number of hydrogen-bond acceptors (Lipinski definition) is 5. The second-order valence-electron chi connectivity index (χ2n) is 7.20. The molecule has 1 heterocycles. The molecule has 0 fully saturated rings. The Bertz CT molecular complexity index is 1250. The van der Waals surface area contributed by atoms with Crippen LogP contribution in [-0.4, -0.2) is 40.1 Å². The van der Waals surface area contributed by atoms with Gasteiger partial charge in [-0.25, -0.2) is 8.42 Å². The Balaban J connectivity index is 1.52. The van der Waals surface area contributed by atoms with Crippen LogP contribution in [0.3, 0.4) is 0 Å². The third-order valence-electron chi connectivity index (χ3n) is 4.91. The molecule has 3 aromatic rings. The standard InChI is InChI=1S/C23H20Cl2N2O5S/c24-18-9-6-10-19(23(18)25)27(33(29,30)17-7-2-1-3-8-17)14-22(28)26-13-16-15-31-20-11-4-5-12-21(20)32-16/h1-12,16H,13-15H2,(H,26,28)/t16-/m0/s1. The van der Waals surface area contributed by atoms with Crippen molar-refractivity contribution < 1.29 is 22.7 Å². The highest BCUT2D eigenvalue weighted by Gasteiger charge is 2.30. The van der Waals surface area contributed by atoms with E-state index in [1.807, 2.05) is 12.1 Å². The predicted octanol–water partition coefficient (Wildman–Crippen LogP) is 4.14. The van der Waals surface area contributed by atoms with Gasteiger partial charge in [-0.3, -0.25) is 9.10 Å². The monoisotopic (exact) mass is 506 g/mol. The third-order valence-corrected chi connectivity index (χ3v) is 7.50. The van der Waals surface area contributed by atoms with E-state index in [4.69, 9.17) is 32.7 Å². The molecule has 33 heavy (non-hydrogen) atoms. The summed E-state index contributed by atoms with van der Waals surface area (Å²) in [7, 11) is -4.10. The highest BCUT2D eigenvalue weighted by molar-refractivity contribution is 7.92. The predicted molar refractivity (Wildman–Crippen MR) is 127 cm³/mol. The Morgan fingerprint density at radius 1 is 0.970 bits per heavy atom. The van der Waals surface area contributed by atoms with E-state index in [-0.39, 0.29) is 33.8 Å². The second kappa shape index (κ2) is 9.91. The number of halogens is 2. The summed E-state index contributed by atoms with van der Waals surface area (Å²) in [6.45, 7) is -0.111. The maximum absolute atomic E-state index is 13.4. The van der Waals surface area contributed by atoms with Gasteiger partial charge in [-0.05, 0) is 36.4 Å². The number of ether oxygens (including phenoxy) is 2. The number of amides is 1. The largest absolute Gasteiger partial charge is 0.486 e. The van der Waals surface area contributed by atoms with E-state index < -0.39 is 28.6 Å². The van der Waals surface area contributed by atoms with Crippen LogP contribution in [0.25, 0.3) is 0 Å². The van der Waals surface area contributed by atoms with Crippen LogP contribution in [0.1, 0.15) is 0 Å². The van der Waals surface area contributed by atoms with Crippen LogP contribution >= 0.6 is 23.2 Å². The van der Waals surface area contributed by atoms with Gasteiger partial charge in [0, 0.05) is 0 Å². The van der Waals surface area contributed by atoms with Crippen molar-refractivity contribution in [2.24, 2.45) is 0 Å². The molecule has 4 rings (SSSR count). The summed E-state index contributed by atoms with van der Waals surface area (Å²) >= 11 is 12.4. The molecule has 3 aromatic carbocycles. The van der Waals surface area contributed by atoms with Crippen LogP contribution in [-0.2, 0) is 14.8 Å². The first-order chi connectivity index (χ1) is 15.9. The number of hydrogen-bond donors (Lipinski definition) is 1. The SMILES string of the molecule is O=C(CN(c1cccc(Cl)c1Cl)S(=O)(=O)c1ccccc1)NC[C@H]1COc2ccccc2O1. The van der Waals surface area contributed by atoms with Crippen molar-refractivity contribution in [1.29, 1.82) is 0 Å². The molecule has 1 atom stereocenters. The van der Waals surface area contributed by atoms with E-state index in [1.165, 1.54) is 18.2 Å². The van der Waals surface area contributed by atoms with Crippen molar-refractivity contribution in [3.63, 3.8) is 0 Å². The highest BCUT2D eigenvalue weighted by Crippen LogP contribution is 2.35. The average molecular weight is 507 g/mol. The molecular weight excluding hydrogens is 487 g/mol. The number of nitrogens with one attached hydrogen (secondary N) is 1. The fourth-order valence-electron chi connectivity index (χ4n) is 3.28. The van der Waals surface area contributed by atoms with E-state index in [9.17, 15) is 13.2 Å². The number of carbonyl (C=O) groups is 1. The smallest absolute Gasteiger partial charge is 0.264 e. The normalized spacial score (nSPS) is 15.0. The maximum atomic E-state index is 13.4. The van der Waals surface area contributed by atoms with Crippen LogP contribution in [0, 0.1) is 0 Å². The van der Waals surface area contributed by atoms with Crippen molar-refractivity contribution >= 4 is 44.8 Å². The highest BCUT2D eigenvalue weighted by atomic mass is 35.5. The molecule has 1 aliphatic rings. The minimum absolute atomic E-state index is 0.0227. The fraction of sp³-hybridized carbons (Fsp3) is 0.174. The lowest BCUT2D eigenvalue weighted by Gasteiger charge is -2.28. The minimum Gasteiger partial charge on any atom is -0.486 e. The molecule has 0 saturated carbocycles. The van der Waals surface area contributed by atoms with Crippen molar-refractivity contribution in [3.05, 3.63) is 82.8 Å². The molecule has 0 aromatic heterocycles. The number of rotatable bonds is 7. The molecule has 172 valence electrons. The number of fused-ring (bicyclic) bond motifs is 1. The van der Waals surface area contributed by atoms with E-state index in [2.05, 4.69) is 5.32 Å². The molecule has 10 heteroatoms. The summed E-state index contributed by atoms with van der Waals surface area (Å²) in [5.74, 6) is 0.686. The summed E-state index contributed by atoms with van der Waals surface area (Å²) in [6, 6.07) is 19.6. The van der Waals surface area contributed by atoms with Gasteiger partial charge in [-0.2, -0.15) is 0 Å². The Morgan fingerprint density at radius 3 is 2.42 bits per heavy atom. The number of benzene rings is 3. The third kappa shape index (κ3) is 5.19. The summed E-state index contributed by atoms with van der Waals surface area (Å²) in [6.07, 6.45) is -0.419. The summed E-state index contributed by atoms with van der Waals surface area (Å²) in [4.78, 5) is 12.8. The number of para-hydroxylation sites is 2. The number of nitrogens with zero attached hydrogens (tertiary/aromatic N) is 1. The van der Waals surface area contributed by atoms with E-state index in [1.54, 1.807) is 42.5 Å². The molecule has 0 radical (unpaired) electrons. The van der Waals surface area contributed by atoms with Crippen LogP contribution < -0.4 is 19.1 Å². The van der Waals surface area contributed by atoms with Gasteiger partial charge in [0.2, 0.25) is 5.91 Å². The zero-order chi connectivity index (χ0) is 23.4. The molecule has 0 unspecified atom stereocenters. The van der Waals surface area contributed by atoms with E-state index >= 15 is 0 Å². The average Bonchev–Trinajstić information content (AvgIpc) is 2.83. The van der Waals surface area contributed by atoms with Gasteiger partial charge in [-0.1, -0.05) is 59.6 Å². The van der Waals surface area contributed by atoms with E-state index in [0.717, 1.165) is 4.31 Å². The first kappa shape index (κ1) is 23.2. The molecule has 1 N–H and O–H groups in total. The van der Waals surface area contributed by atoms with E-state index in [0.29, 0.717) is 11.5 Å². The number of anilines is 1. The van der Waals surface area contributed by atoms with Crippen molar-refractivity contribution in [3.8, 4) is 11.5 Å². The van der Waals surface area contributed by atoms with Gasteiger partial charge in [0.25, 0.3) is 10.0 Å². The van der Waals surface area contributed by atoms with Crippen molar-refractivity contribution in [2.75, 3.05) is 24.0 Å². The number of carbonyl (C=O) groups excluding carboxylic acids is 1. The molecule has 7 nitrogen and oxygen atoms in total. The fourth-order valence-corrected chi connectivity index (χ4v) is 5.18. The Labute approximate surface area is 201 Å². The molecular formula is C23H20Cl2N2O5S. The van der Waals surface area contributed by atoms with Crippen LogP contribution in [0.5, 0.6) is 11.5 Å². The Hall–Kier alpha value is -2.94. The zero-order valence-electron chi connectivity index (χ0n) is 17.3. The van der Waals surface area contributed by atoms with Crippen molar-refractivity contribution in [2.45, 2.75) is 11.0 Å². The van der Waals surface area contributed by atoms with Gasteiger partial charge in [0.05, 0.1) is 27.2 Å². The second-order valence-corrected chi connectivity index (χ2v) is 9.85. The van der Waals surface area contributed by atoms with Gasteiger partial charge < -0.3 is 14.8 Å². The Kier molecular flexibility index (Phi) is 6.97. The topological polar surface area (TPSA) is 84.9 Å². The van der Waals surface area contributed by atoms with Crippen LogP contribution in [0.15, 0.2) is 77.7 Å². The van der Waals surface area contributed by atoms with Gasteiger partial charge in [0.1, 0.15) is 19.3 Å². The van der Waals surface area contributed by atoms with Gasteiger partial charge >= 0.3 is 0 Å².